The Morgan fingerprint density at radius 2 is 2.00 bits per heavy atom. The first-order valence-corrected chi connectivity index (χ1v) is 8.13. The molecule has 1 aliphatic heterocycles. The van der Waals surface area contributed by atoms with Gasteiger partial charge in [0.2, 0.25) is 0 Å². The fraction of sp³-hybridized carbons (Fsp3) is 0.294. The van der Waals surface area contributed by atoms with Crippen LogP contribution in [-0.2, 0) is 0 Å². The van der Waals surface area contributed by atoms with Crippen molar-refractivity contribution in [3.63, 3.8) is 0 Å². The third kappa shape index (κ3) is 3.01. The smallest absolute Gasteiger partial charge is 0.120 e. The number of fused-ring (bicyclic) bond motifs is 1. The highest BCUT2D eigenvalue weighted by molar-refractivity contribution is 7.99. The maximum absolute atomic E-state index is 9.97. The van der Waals surface area contributed by atoms with Crippen LogP contribution in [-0.4, -0.2) is 16.0 Å². The van der Waals surface area contributed by atoms with E-state index in [1.165, 1.54) is 22.6 Å². The Balaban J connectivity index is 1.82. The number of hydrogen-bond acceptors (Lipinski definition) is 4. The monoisotopic (exact) mass is 301 g/mol. The van der Waals surface area contributed by atoms with Crippen LogP contribution in [0.3, 0.4) is 0 Å². The molecule has 0 spiro atoms. The summed E-state index contributed by atoms with van der Waals surface area (Å²) in [6, 6.07) is 13.4. The normalized spacial score (nSPS) is 19.0. The van der Waals surface area contributed by atoms with Crippen LogP contribution in [0.2, 0.25) is 0 Å². The second-order valence-electron chi connectivity index (χ2n) is 5.36. The van der Waals surface area contributed by atoms with Crippen molar-refractivity contribution in [3.05, 3.63) is 53.6 Å². The summed E-state index contributed by atoms with van der Waals surface area (Å²) in [6.07, 6.45) is 1.06. The van der Waals surface area contributed by atoms with E-state index in [2.05, 4.69) is 29.6 Å². The molecule has 4 heteroatoms. The van der Waals surface area contributed by atoms with Crippen LogP contribution in [0.25, 0.3) is 0 Å². The van der Waals surface area contributed by atoms with Crippen molar-refractivity contribution in [3.8, 4) is 11.5 Å². The maximum Gasteiger partial charge on any atom is 0.120 e. The fourth-order valence-electron chi connectivity index (χ4n) is 2.80. The van der Waals surface area contributed by atoms with E-state index in [-0.39, 0.29) is 23.6 Å². The molecule has 0 amide bonds. The maximum atomic E-state index is 9.97. The molecule has 2 aromatic rings. The zero-order valence-electron chi connectivity index (χ0n) is 11.9. The first-order valence-electron chi connectivity index (χ1n) is 7.15. The van der Waals surface area contributed by atoms with Crippen LogP contribution in [0.4, 0.5) is 0 Å². The molecule has 1 aliphatic rings. The molecule has 0 radical (unpaired) electrons. The fourth-order valence-corrected chi connectivity index (χ4v) is 3.92. The third-order valence-electron chi connectivity index (χ3n) is 3.89. The zero-order valence-corrected chi connectivity index (χ0v) is 12.7. The molecule has 21 heavy (non-hydrogen) atoms. The summed E-state index contributed by atoms with van der Waals surface area (Å²) >= 11 is 1.89. The number of rotatable bonds is 3. The molecule has 0 fully saturated rings. The van der Waals surface area contributed by atoms with Gasteiger partial charge in [-0.1, -0.05) is 18.2 Å². The SMILES string of the molecule is CC(NC1CCSc2ccccc21)c1cc(O)ccc1O. The van der Waals surface area contributed by atoms with Gasteiger partial charge in [-0.15, -0.1) is 11.8 Å². The number of phenols is 2. The molecule has 0 aromatic heterocycles. The molecule has 2 atom stereocenters. The molecule has 1 heterocycles. The van der Waals surface area contributed by atoms with Gasteiger partial charge >= 0.3 is 0 Å². The van der Waals surface area contributed by atoms with Gasteiger partial charge in [0.15, 0.2) is 0 Å². The molecular formula is C17H19NO2S. The van der Waals surface area contributed by atoms with E-state index >= 15 is 0 Å². The number of thioether (sulfide) groups is 1. The lowest BCUT2D eigenvalue weighted by molar-refractivity contribution is 0.415. The van der Waals surface area contributed by atoms with Crippen molar-refractivity contribution in [1.82, 2.24) is 5.32 Å². The molecule has 0 saturated heterocycles. The molecule has 3 nitrogen and oxygen atoms in total. The van der Waals surface area contributed by atoms with Crippen molar-refractivity contribution < 1.29 is 10.2 Å². The summed E-state index contributed by atoms with van der Waals surface area (Å²) in [7, 11) is 0. The van der Waals surface area contributed by atoms with E-state index in [1.54, 1.807) is 6.07 Å². The van der Waals surface area contributed by atoms with Gasteiger partial charge in [-0.2, -0.15) is 0 Å². The van der Waals surface area contributed by atoms with Gasteiger partial charge in [0.25, 0.3) is 0 Å². The molecule has 3 N–H and O–H groups in total. The lowest BCUT2D eigenvalue weighted by atomic mass is 10.00. The lowest BCUT2D eigenvalue weighted by Crippen LogP contribution is -2.27. The Bertz CT molecular complexity index is 644. The van der Waals surface area contributed by atoms with Crippen molar-refractivity contribution in [2.45, 2.75) is 30.3 Å². The van der Waals surface area contributed by atoms with Crippen LogP contribution >= 0.6 is 11.8 Å². The Hall–Kier alpha value is -1.65. The lowest BCUT2D eigenvalue weighted by Gasteiger charge is -2.29. The van der Waals surface area contributed by atoms with Crippen LogP contribution < -0.4 is 5.32 Å². The quantitative estimate of drug-likeness (QED) is 0.750. The second-order valence-corrected chi connectivity index (χ2v) is 6.50. The van der Waals surface area contributed by atoms with Gasteiger partial charge in [0.1, 0.15) is 11.5 Å². The predicted molar refractivity (Wildman–Crippen MR) is 85.8 cm³/mol. The van der Waals surface area contributed by atoms with Gasteiger partial charge in [-0.25, -0.2) is 0 Å². The summed E-state index contributed by atoms with van der Waals surface area (Å²) in [5.74, 6) is 1.48. The van der Waals surface area contributed by atoms with Crippen LogP contribution in [0, 0.1) is 0 Å². The Morgan fingerprint density at radius 1 is 1.19 bits per heavy atom. The topological polar surface area (TPSA) is 52.5 Å². The summed E-state index contributed by atoms with van der Waals surface area (Å²) < 4.78 is 0. The van der Waals surface area contributed by atoms with E-state index in [0.717, 1.165) is 17.7 Å². The van der Waals surface area contributed by atoms with Crippen molar-refractivity contribution >= 4 is 11.8 Å². The number of phenolic OH excluding ortho intramolecular Hbond substituents is 2. The summed E-state index contributed by atoms with van der Waals surface area (Å²) in [6.45, 7) is 2.01. The molecule has 0 aliphatic carbocycles. The number of nitrogens with one attached hydrogen (secondary N) is 1. The minimum Gasteiger partial charge on any atom is -0.508 e. The molecule has 0 saturated carbocycles. The van der Waals surface area contributed by atoms with Crippen molar-refractivity contribution in [2.24, 2.45) is 0 Å². The van der Waals surface area contributed by atoms with Gasteiger partial charge in [0, 0.05) is 22.5 Å². The molecule has 110 valence electrons. The minimum atomic E-state index is -0.0294. The highest BCUT2D eigenvalue weighted by Gasteiger charge is 2.23. The minimum absolute atomic E-state index is 0.0294. The zero-order chi connectivity index (χ0) is 14.8. The van der Waals surface area contributed by atoms with E-state index in [1.807, 2.05) is 18.7 Å². The van der Waals surface area contributed by atoms with E-state index in [9.17, 15) is 10.2 Å². The Morgan fingerprint density at radius 3 is 2.86 bits per heavy atom. The third-order valence-corrected chi connectivity index (χ3v) is 5.01. The Labute approximate surface area is 129 Å². The Kier molecular flexibility index (Phi) is 4.08. The average Bonchev–Trinajstić information content (AvgIpc) is 2.50. The van der Waals surface area contributed by atoms with E-state index < -0.39 is 0 Å². The van der Waals surface area contributed by atoms with Gasteiger partial charge in [-0.05, 0) is 48.9 Å². The molecular weight excluding hydrogens is 282 g/mol. The first kappa shape index (κ1) is 14.3. The first-order chi connectivity index (χ1) is 10.1. The highest BCUT2D eigenvalue weighted by Crippen LogP contribution is 2.38. The molecule has 2 aromatic carbocycles. The van der Waals surface area contributed by atoms with Gasteiger partial charge < -0.3 is 15.5 Å². The number of aromatic hydroxyl groups is 2. The predicted octanol–water partition coefficient (Wildman–Crippen LogP) is 3.99. The summed E-state index contributed by atoms with van der Waals surface area (Å²) in [5.41, 5.74) is 2.05. The molecule has 2 unspecified atom stereocenters. The summed E-state index contributed by atoms with van der Waals surface area (Å²) in [5, 5.41) is 23.2. The average molecular weight is 301 g/mol. The van der Waals surface area contributed by atoms with Crippen LogP contribution in [0.15, 0.2) is 47.4 Å². The van der Waals surface area contributed by atoms with Gasteiger partial charge in [-0.3, -0.25) is 0 Å². The standard InChI is InChI=1S/C17H19NO2S/c1-11(14-10-12(19)6-7-16(14)20)18-15-8-9-21-17-5-3-2-4-13(15)17/h2-7,10-11,15,18-20H,8-9H2,1H3. The largest absolute Gasteiger partial charge is 0.508 e. The van der Waals surface area contributed by atoms with E-state index in [0.29, 0.717) is 0 Å². The van der Waals surface area contributed by atoms with Crippen LogP contribution in [0.5, 0.6) is 11.5 Å². The number of benzene rings is 2. The number of hydrogen-bond donors (Lipinski definition) is 3. The molecule has 0 bridgehead atoms. The van der Waals surface area contributed by atoms with Crippen molar-refractivity contribution in [2.75, 3.05) is 5.75 Å². The summed E-state index contributed by atoms with van der Waals surface area (Å²) in [4.78, 5) is 1.33. The van der Waals surface area contributed by atoms with Gasteiger partial charge in [0.05, 0.1) is 0 Å². The molecule has 3 rings (SSSR count). The highest BCUT2D eigenvalue weighted by atomic mass is 32.2. The second kappa shape index (κ2) is 6.00. The van der Waals surface area contributed by atoms with Crippen LogP contribution in [0.1, 0.15) is 36.6 Å². The van der Waals surface area contributed by atoms with Crippen molar-refractivity contribution in [1.29, 1.82) is 0 Å². The van der Waals surface area contributed by atoms with E-state index in [4.69, 9.17) is 0 Å².